The molecule has 0 fully saturated rings. The lowest BCUT2D eigenvalue weighted by Gasteiger charge is -2.10. The van der Waals surface area contributed by atoms with Gasteiger partial charge in [-0.15, -0.1) is 0 Å². The zero-order valence-electron chi connectivity index (χ0n) is 30.3. The van der Waals surface area contributed by atoms with Gasteiger partial charge >= 0.3 is 0 Å². The lowest BCUT2D eigenvalue weighted by Crippen LogP contribution is -2.00. The molecule has 0 amide bonds. The maximum absolute atomic E-state index is 5.08. The summed E-state index contributed by atoms with van der Waals surface area (Å²) in [7, 11) is 0. The molecule has 5 heteroatoms. The lowest BCUT2D eigenvalue weighted by atomic mass is 9.97. The molecule has 5 nitrogen and oxygen atoms in total. The molecule has 0 atom stereocenters. The third-order valence-corrected chi connectivity index (χ3v) is 10.8. The number of hydrogen-bond acceptors (Lipinski definition) is 3. The number of rotatable bonds is 6. The summed E-state index contributed by atoms with van der Waals surface area (Å²) in [6.45, 7) is 0. The van der Waals surface area contributed by atoms with Crippen LogP contribution in [-0.2, 0) is 0 Å². The summed E-state index contributed by atoms with van der Waals surface area (Å²) in [6.07, 6.45) is 0. The smallest absolute Gasteiger partial charge is 0.164 e. The van der Waals surface area contributed by atoms with E-state index in [9.17, 15) is 0 Å². The molecule has 11 rings (SSSR count). The third kappa shape index (κ3) is 5.21. The van der Waals surface area contributed by atoms with Crippen LogP contribution >= 0.6 is 0 Å². The number of hydrogen-bond donors (Lipinski definition) is 0. The van der Waals surface area contributed by atoms with Crippen molar-refractivity contribution in [2.75, 3.05) is 0 Å². The van der Waals surface area contributed by atoms with E-state index in [1.165, 1.54) is 27.4 Å². The van der Waals surface area contributed by atoms with Gasteiger partial charge in [-0.25, -0.2) is 15.0 Å². The van der Waals surface area contributed by atoms with E-state index in [-0.39, 0.29) is 0 Å². The molecule has 0 saturated heterocycles. The van der Waals surface area contributed by atoms with Gasteiger partial charge < -0.3 is 9.13 Å². The van der Waals surface area contributed by atoms with Gasteiger partial charge in [0.05, 0.1) is 22.1 Å². The molecule has 0 spiro atoms. The summed E-state index contributed by atoms with van der Waals surface area (Å²) in [4.78, 5) is 15.1. The molecule has 3 heterocycles. The zero-order chi connectivity index (χ0) is 37.0. The van der Waals surface area contributed by atoms with Gasteiger partial charge in [-0.1, -0.05) is 133 Å². The highest BCUT2D eigenvalue weighted by atomic mass is 15.0. The minimum Gasteiger partial charge on any atom is -0.309 e. The summed E-state index contributed by atoms with van der Waals surface area (Å²) in [5, 5.41) is 4.76. The maximum Gasteiger partial charge on any atom is 0.164 e. The van der Waals surface area contributed by atoms with Crippen LogP contribution in [0.25, 0.3) is 100 Å². The molecular formula is C51H33N5. The van der Waals surface area contributed by atoms with Crippen LogP contribution in [0.3, 0.4) is 0 Å². The fourth-order valence-corrected chi connectivity index (χ4v) is 8.24. The topological polar surface area (TPSA) is 48.5 Å². The Morgan fingerprint density at radius 2 is 0.714 bits per heavy atom. The minimum absolute atomic E-state index is 0.634. The number of benzene rings is 8. The average Bonchev–Trinajstić information content (AvgIpc) is 3.80. The van der Waals surface area contributed by atoms with Crippen molar-refractivity contribution in [3.8, 4) is 56.7 Å². The van der Waals surface area contributed by atoms with E-state index in [2.05, 4.69) is 149 Å². The van der Waals surface area contributed by atoms with Crippen LogP contribution in [0.4, 0.5) is 0 Å². The Balaban J connectivity index is 1.16. The van der Waals surface area contributed by atoms with Gasteiger partial charge in [0, 0.05) is 49.6 Å². The molecule has 56 heavy (non-hydrogen) atoms. The van der Waals surface area contributed by atoms with E-state index in [1.807, 2.05) is 60.7 Å². The second-order valence-corrected chi connectivity index (χ2v) is 14.1. The fraction of sp³-hybridized carbons (Fsp3) is 0. The Morgan fingerprint density at radius 1 is 0.286 bits per heavy atom. The van der Waals surface area contributed by atoms with Crippen molar-refractivity contribution in [3.63, 3.8) is 0 Å². The SMILES string of the molecule is c1ccc(-c2nc(-c3ccccc3)nc(-c3ccc4c(c3)c3cc(-c5cccc6c5c5ccccc5n6-c5ccccc5)ccc3n4-c3ccccc3)n2)cc1. The van der Waals surface area contributed by atoms with Crippen molar-refractivity contribution >= 4 is 43.6 Å². The molecule has 0 aliphatic rings. The van der Waals surface area contributed by atoms with Gasteiger partial charge in [0.25, 0.3) is 0 Å². The highest BCUT2D eigenvalue weighted by molar-refractivity contribution is 6.17. The lowest BCUT2D eigenvalue weighted by molar-refractivity contribution is 1.07. The predicted molar refractivity (Wildman–Crippen MR) is 230 cm³/mol. The van der Waals surface area contributed by atoms with Crippen molar-refractivity contribution < 1.29 is 0 Å². The monoisotopic (exact) mass is 715 g/mol. The van der Waals surface area contributed by atoms with Crippen LogP contribution in [0.1, 0.15) is 0 Å². The Morgan fingerprint density at radius 3 is 1.30 bits per heavy atom. The van der Waals surface area contributed by atoms with Crippen LogP contribution in [0, 0.1) is 0 Å². The minimum atomic E-state index is 0.634. The third-order valence-electron chi connectivity index (χ3n) is 10.8. The molecule has 11 aromatic rings. The van der Waals surface area contributed by atoms with Crippen molar-refractivity contribution in [2.45, 2.75) is 0 Å². The summed E-state index contributed by atoms with van der Waals surface area (Å²) < 4.78 is 4.74. The van der Waals surface area contributed by atoms with Crippen molar-refractivity contribution in [1.29, 1.82) is 0 Å². The standard InChI is InChI=1S/C51H33N5/c1-5-16-34(17-6-1)49-52-50(35-18-7-2-8-19-35)54-51(53-49)37-29-31-46-43(33-37)42-32-36(28-30-45(42)55(46)38-20-9-3-10-21-38)40-25-15-27-47-48(40)41-24-13-14-26-44(41)56(47)39-22-11-4-12-23-39/h1-33H. The van der Waals surface area contributed by atoms with Crippen LogP contribution in [-0.4, -0.2) is 24.1 Å². The summed E-state index contributed by atoms with van der Waals surface area (Å²) in [6, 6.07) is 70.4. The molecule has 262 valence electrons. The molecule has 0 unspecified atom stereocenters. The molecule has 3 aromatic heterocycles. The first-order valence-corrected chi connectivity index (χ1v) is 18.9. The first-order valence-electron chi connectivity index (χ1n) is 18.9. The molecule has 0 aliphatic carbocycles. The van der Waals surface area contributed by atoms with Gasteiger partial charge in [-0.2, -0.15) is 0 Å². The molecular weight excluding hydrogens is 683 g/mol. The predicted octanol–water partition coefficient (Wildman–Crippen LogP) is 12.7. The summed E-state index contributed by atoms with van der Waals surface area (Å²) in [5.41, 5.74) is 12.1. The van der Waals surface area contributed by atoms with E-state index in [0.29, 0.717) is 17.5 Å². The molecule has 0 aliphatic heterocycles. The van der Waals surface area contributed by atoms with Crippen LogP contribution in [0.15, 0.2) is 200 Å². The number of fused-ring (bicyclic) bond motifs is 6. The molecule has 0 radical (unpaired) electrons. The molecule has 0 saturated carbocycles. The second kappa shape index (κ2) is 13.0. The van der Waals surface area contributed by atoms with E-state index in [0.717, 1.165) is 55.4 Å². The van der Waals surface area contributed by atoms with E-state index >= 15 is 0 Å². The normalized spacial score (nSPS) is 11.6. The second-order valence-electron chi connectivity index (χ2n) is 14.1. The Kier molecular flexibility index (Phi) is 7.42. The number of aromatic nitrogens is 5. The average molecular weight is 716 g/mol. The number of para-hydroxylation sites is 3. The Hall–Kier alpha value is -7.63. The van der Waals surface area contributed by atoms with Crippen molar-refractivity contribution in [2.24, 2.45) is 0 Å². The number of nitrogens with zero attached hydrogens (tertiary/aromatic N) is 5. The maximum atomic E-state index is 5.08. The van der Waals surface area contributed by atoms with Crippen molar-refractivity contribution in [3.05, 3.63) is 200 Å². The van der Waals surface area contributed by atoms with Gasteiger partial charge in [-0.05, 0) is 77.9 Å². The first-order chi connectivity index (χ1) is 27.8. The Bertz CT molecular complexity index is 3160. The van der Waals surface area contributed by atoms with Gasteiger partial charge in [-0.3, -0.25) is 0 Å². The summed E-state index contributed by atoms with van der Waals surface area (Å²) in [5.74, 6) is 1.92. The first kappa shape index (κ1) is 31.9. The fourth-order valence-electron chi connectivity index (χ4n) is 8.24. The van der Waals surface area contributed by atoms with Crippen molar-refractivity contribution in [1.82, 2.24) is 24.1 Å². The van der Waals surface area contributed by atoms with E-state index in [4.69, 9.17) is 15.0 Å². The van der Waals surface area contributed by atoms with Crippen LogP contribution in [0.2, 0.25) is 0 Å². The van der Waals surface area contributed by atoms with E-state index < -0.39 is 0 Å². The Labute approximate surface area is 323 Å². The molecule has 0 bridgehead atoms. The van der Waals surface area contributed by atoms with Crippen LogP contribution in [0.5, 0.6) is 0 Å². The largest absolute Gasteiger partial charge is 0.309 e. The summed E-state index contributed by atoms with van der Waals surface area (Å²) >= 11 is 0. The van der Waals surface area contributed by atoms with Gasteiger partial charge in [0.15, 0.2) is 17.5 Å². The molecule has 8 aromatic carbocycles. The van der Waals surface area contributed by atoms with Gasteiger partial charge in [0.2, 0.25) is 0 Å². The van der Waals surface area contributed by atoms with Crippen LogP contribution < -0.4 is 0 Å². The van der Waals surface area contributed by atoms with E-state index in [1.54, 1.807) is 0 Å². The molecule has 0 N–H and O–H groups in total. The highest BCUT2D eigenvalue weighted by Crippen LogP contribution is 2.41. The van der Waals surface area contributed by atoms with Gasteiger partial charge in [0.1, 0.15) is 0 Å². The highest BCUT2D eigenvalue weighted by Gasteiger charge is 2.20. The quantitative estimate of drug-likeness (QED) is 0.172. The zero-order valence-corrected chi connectivity index (χ0v) is 30.3.